The lowest BCUT2D eigenvalue weighted by Crippen LogP contribution is -1.99. The number of methoxy groups -OCH3 is 1. The van der Waals surface area contributed by atoms with E-state index in [9.17, 15) is 9.18 Å². The molecule has 6 nitrogen and oxygen atoms in total. The Morgan fingerprint density at radius 3 is 3.00 bits per heavy atom. The normalized spacial score (nSPS) is 10.4. The number of carboxylic acid groups (broad SMARTS) is 1. The molecular weight excluding hydrogens is 253 g/mol. The number of carbonyl (C=O) groups is 1. The number of hydrogen-bond acceptors (Lipinski definition) is 4. The molecule has 100 valence electrons. The summed E-state index contributed by atoms with van der Waals surface area (Å²) < 4.78 is 19.9. The van der Waals surface area contributed by atoms with E-state index >= 15 is 0 Å². The zero-order valence-corrected chi connectivity index (χ0v) is 10.2. The molecule has 2 aromatic rings. The third-order valence-corrected chi connectivity index (χ3v) is 2.54. The summed E-state index contributed by atoms with van der Waals surface area (Å²) in [6, 6.07) is 4.26. The van der Waals surface area contributed by atoms with Gasteiger partial charge in [0.2, 0.25) is 0 Å². The summed E-state index contributed by atoms with van der Waals surface area (Å²) in [5, 5.41) is 16.2. The lowest BCUT2D eigenvalue weighted by molar-refractivity contribution is -0.136. The van der Waals surface area contributed by atoms with Gasteiger partial charge in [-0.2, -0.15) is 0 Å². The number of nitrogens with zero attached hydrogens (tertiary/aromatic N) is 3. The maximum Gasteiger partial charge on any atom is 0.303 e. The molecule has 0 saturated carbocycles. The van der Waals surface area contributed by atoms with E-state index in [0.29, 0.717) is 11.4 Å². The van der Waals surface area contributed by atoms with Crippen LogP contribution in [-0.4, -0.2) is 33.2 Å². The molecule has 19 heavy (non-hydrogen) atoms. The van der Waals surface area contributed by atoms with Gasteiger partial charge in [-0.25, -0.2) is 9.07 Å². The number of carboxylic acids is 1. The molecule has 0 aliphatic carbocycles. The summed E-state index contributed by atoms with van der Waals surface area (Å²) >= 11 is 0. The fourth-order valence-corrected chi connectivity index (χ4v) is 1.56. The molecule has 1 aromatic heterocycles. The van der Waals surface area contributed by atoms with Crippen molar-refractivity contribution in [2.75, 3.05) is 7.11 Å². The van der Waals surface area contributed by atoms with Crippen molar-refractivity contribution in [2.45, 2.75) is 12.8 Å². The van der Waals surface area contributed by atoms with Crippen molar-refractivity contribution in [3.05, 3.63) is 35.9 Å². The molecule has 0 fully saturated rings. The van der Waals surface area contributed by atoms with Crippen LogP contribution in [0.4, 0.5) is 4.39 Å². The van der Waals surface area contributed by atoms with Crippen molar-refractivity contribution in [1.82, 2.24) is 15.0 Å². The van der Waals surface area contributed by atoms with Crippen LogP contribution < -0.4 is 4.74 Å². The molecule has 0 aliphatic heterocycles. The summed E-state index contributed by atoms with van der Waals surface area (Å²) in [5.41, 5.74) is 0.693. The van der Waals surface area contributed by atoms with Gasteiger partial charge in [0.1, 0.15) is 17.3 Å². The summed E-state index contributed by atoms with van der Waals surface area (Å²) in [4.78, 5) is 10.5. The second-order valence-corrected chi connectivity index (χ2v) is 3.87. The molecule has 1 N–H and O–H groups in total. The predicted molar refractivity (Wildman–Crippen MR) is 63.8 cm³/mol. The Bertz CT molecular complexity index is 598. The van der Waals surface area contributed by atoms with E-state index in [-0.39, 0.29) is 18.5 Å². The molecule has 1 heterocycles. The number of halogens is 1. The molecule has 0 bridgehead atoms. The largest absolute Gasteiger partial charge is 0.497 e. The highest BCUT2D eigenvalue weighted by Gasteiger charge is 2.10. The van der Waals surface area contributed by atoms with Crippen LogP contribution >= 0.6 is 0 Å². The molecule has 0 aliphatic rings. The van der Waals surface area contributed by atoms with Crippen molar-refractivity contribution in [3.63, 3.8) is 0 Å². The molecule has 0 amide bonds. The Labute approximate surface area is 108 Å². The average Bonchev–Trinajstić information content (AvgIpc) is 2.85. The van der Waals surface area contributed by atoms with Gasteiger partial charge < -0.3 is 9.84 Å². The van der Waals surface area contributed by atoms with E-state index < -0.39 is 11.8 Å². The van der Waals surface area contributed by atoms with Gasteiger partial charge in [-0.3, -0.25) is 4.79 Å². The average molecular weight is 265 g/mol. The zero-order chi connectivity index (χ0) is 13.8. The molecular formula is C12H12FN3O3. The Morgan fingerprint density at radius 2 is 2.32 bits per heavy atom. The Kier molecular flexibility index (Phi) is 3.74. The number of hydrogen-bond donors (Lipinski definition) is 1. The Hall–Kier alpha value is -2.44. The minimum absolute atomic E-state index is 0.0424. The number of ether oxygens (including phenoxy) is 1. The van der Waals surface area contributed by atoms with Crippen LogP contribution in [0.2, 0.25) is 0 Å². The van der Waals surface area contributed by atoms with Gasteiger partial charge >= 0.3 is 5.97 Å². The Morgan fingerprint density at radius 1 is 1.53 bits per heavy atom. The molecule has 0 spiro atoms. The van der Waals surface area contributed by atoms with Crippen LogP contribution in [0.5, 0.6) is 5.75 Å². The molecule has 0 atom stereocenters. The van der Waals surface area contributed by atoms with Crippen LogP contribution in [-0.2, 0) is 11.2 Å². The molecule has 0 radical (unpaired) electrons. The van der Waals surface area contributed by atoms with E-state index in [1.165, 1.54) is 36.2 Å². The topological polar surface area (TPSA) is 77.2 Å². The van der Waals surface area contributed by atoms with Gasteiger partial charge in [-0.1, -0.05) is 5.21 Å². The van der Waals surface area contributed by atoms with Gasteiger partial charge in [-0.05, 0) is 12.1 Å². The van der Waals surface area contributed by atoms with Gasteiger partial charge in [0.25, 0.3) is 0 Å². The van der Waals surface area contributed by atoms with E-state index in [1.807, 2.05) is 0 Å². The fourth-order valence-electron chi connectivity index (χ4n) is 1.56. The van der Waals surface area contributed by atoms with Crippen molar-refractivity contribution < 1.29 is 19.0 Å². The van der Waals surface area contributed by atoms with Gasteiger partial charge in [0.15, 0.2) is 0 Å². The highest BCUT2D eigenvalue weighted by atomic mass is 19.1. The minimum atomic E-state index is -0.915. The van der Waals surface area contributed by atoms with Crippen molar-refractivity contribution in [1.29, 1.82) is 0 Å². The maximum absolute atomic E-state index is 13.7. The smallest absolute Gasteiger partial charge is 0.303 e. The molecule has 7 heteroatoms. The van der Waals surface area contributed by atoms with Crippen LogP contribution in [0.3, 0.4) is 0 Å². The van der Waals surface area contributed by atoms with Crippen LogP contribution in [0, 0.1) is 5.82 Å². The number of benzene rings is 1. The first-order valence-corrected chi connectivity index (χ1v) is 5.57. The lowest BCUT2D eigenvalue weighted by atomic mass is 10.2. The number of aromatic nitrogens is 3. The van der Waals surface area contributed by atoms with Gasteiger partial charge in [0, 0.05) is 12.5 Å². The third-order valence-electron chi connectivity index (χ3n) is 2.54. The summed E-state index contributed by atoms with van der Waals surface area (Å²) in [6.07, 6.45) is 1.71. The van der Waals surface area contributed by atoms with Crippen molar-refractivity contribution in [3.8, 4) is 11.4 Å². The van der Waals surface area contributed by atoms with Gasteiger partial charge in [0.05, 0.1) is 25.4 Å². The lowest BCUT2D eigenvalue weighted by Gasteiger charge is -2.04. The maximum atomic E-state index is 13.7. The van der Waals surface area contributed by atoms with E-state index in [1.54, 1.807) is 0 Å². The summed E-state index contributed by atoms with van der Waals surface area (Å²) in [6.45, 7) is 0. The van der Waals surface area contributed by atoms with Crippen molar-refractivity contribution in [2.24, 2.45) is 0 Å². The first-order valence-electron chi connectivity index (χ1n) is 5.57. The van der Waals surface area contributed by atoms with E-state index in [4.69, 9.17) is 9.84 Å². The zero-order valence-electron chi connectivity index (χ0n) is 10.2. The Balaban J connectivity index is 2.24. The predicted octanol–water partition coefficient (Wildman–Crippen LogP) is 1.43. The molecule has 2 rings (SSSR count). The molecule has 0 unspecified atom stereocenters. The highest BCUT2D eigenvalue weighted by molar-refractivity contribution is 5.66. The summed E-state index contributed by atoms with van der Waals surface area (Å²) in [7, 11) is 1.48. The second-order valence-electron chi connectivity index (χ2n) is 3.87. The molecule has 1 aromatic carbocycles. The number of aliphatic carboxylic acids is 1. The fraction of sp³-hybridized carbons (Fsp3) is 0.250. The van der Waals surface area contributed by atoms with Crippen LogP contribution in [0.25, 0.3) is 5.69 Å². The number of rotatable bonds is 5. The van der Waals surface area contributed by atoms with Gasteiger partial charge in [-0.15, -0.1) is 5.10 Å². The second kappa shape index (κ2) is 5.47. The monoisotopic (exact) mass is 265 g/mol. The summed E-state index contributed by atoms with van der Waals surface area (Å²) in [5.74, 6) is -0.878. The number of aryl methyl sites for hydroxylation is 1. The first-order chi connectivity index (χ1) is 9.10. The van der Waals surface area contributed by atoms with Crippen LogP contribution in [0.1, 0.15) is 12.1 Å². The standard InChI is InChI=1S/C12H12FN3O3/c1-19-9-3-4-10(13)11(6-9)16-7-8(14-15-16)2-5-12(17)18/h3-4,6-7H,2,5H2,1H3,(H,17,18). The minimum Gasteiger partial charge on any atom is -0.497 e. The quantitative estimate of drug-likeness (QED) is 0.885. The third kappa shape index (κ3) is 3.06. The molecule has 0 saturated heterocycles. The van der Waals surface area contributed by atoms with Crippen LogP contribution in [0.15, 0.2) is 24.4 Å². The highest BCUT2D eigenvalue weighted by Crippen LogP contribution is 2.19. The van der Waals surface area contributed by atoms with E-state index in [2.05, 4.69) is 10.3 Å². The first kappa shape index (κ1) is 13.0. The SMILES string of the molecule is COc1ccc(F)c(-n2cc(CCC(=O)O)nn2)c1. The van der Waals surface area contributed by atoms with Crippen molar-refractivity contribution >= 4 is 5.97 Å². The van der Waals surface area contributed by atoms with E-state index in [0.717, 1.165) is 0 Å².